The first-order chi connectivity index (χ1) is 18.3. The molecule has 11 nitrogen and oxygen atoms in total. The molecule has 1 aliphatic heterocycles. The fourth-order valence-corrected chi connectivity index (χ4v) is 5.60. The summed E-state index contributed by atoms with van der Waals surface area (Å²) in [4.78, 5) is 38.7. The van der Waals surface area contributed by atoms with Crippen molar-refractivity contribution in [3.63, 3.8) is 0 Å². The van der Waals surface area contributed by atoms with Crippen molar-refractivity contribution in [2.75, 3.05) is 0 Å². The number of aromatic carboxylic acids is 1. The minimum Gasteiger partial charge on any atom is -0.507 e. The van der Waals surface area contributed by atoms with E-state index in [0.717, 1.165) is 12.1 Å². The van der Waals surface area contributed by atoms with E-state index in [0.29, 0.717) is 5.56 Å². The number of hydrogen-bond donors (Lipinski definition) is 7. The minimum absolute atomic E-state index is 0.135. The van der Waals surface area contributed by atoms with Crippen LogP contribution in [0, 0.1) is 6.92 Å². The maximum atomic E-state index is 13.5. The lowest BCUT2D eigenvalue weighted by atomic mass is 9.77. The third-order valence-electron chi connectivity index (χ3n) is 7.65. The Bertz CT molecular complexity index is 1640. The number of phenolic OH excluding ortho intramolecular Hbond substituents is 3. The Kier molecular flexibility index (Phi) is 5.82. The van der Waals surface area contributed by atoms with Gasteiger partial charge in [-0.25, -0.2) is 4.79 Å². The number of aromatic hydroxyl groups is 5. The highest BCUT2D eigenvalue weighted by Crippen LogP contribution is 2.55. The maximum Gasteiger partial charge on any atom is 0.343 e. The highest BCUT2D eigenvalue weighted by Gasteiger charge is 2.44. The summed E-state index contributed by atoms with van der Waals surface area (Å²) in [6, 6.07) is 3.28. The van der Waals surface area contributed by atoms with Gasteiger partial charge in [0.2, 0.25) is 5.78 Å². The zero-order chi connectivity index (χ0) is 28.7. The van der Waals surface area contributed by atoms with Crippen molar-refractivity contribution < 1.29 is 54.9 Å². The molecule has 0 saturated carbocycles. The number of phenols is 5. The smallest absolute Gasteiger partial charge is 0.343 e. The second kappa shape index (κ2) is 8.72. The molecule has 0 saturated heterocycles. The van der Waals surface area contributed by atoms with E-state index in [9.17, 15) is 50.1 Å². The first-order valence-electron chi connectivity index (χ1n) is 11.9. The van der Waals surface area contributed by atoms with Crippen molar-refractivity contribution >= 4 is 17.5 Å². The molecule has 202 valence electrons. The average Bonchev–Trinajstić information content (AvgIpc) is 2.86. The lowest BCUT2D eigenvalue weighted by molar-refractivity contribution is -0.0112. The second-order valence-electron chi connectivity index (χ2n) is 9.77. The fraction of sp³-hybridized carbons (Fsp3) is 0.250. The van der Waals surface area contributed by atoms with Gasteiger partial charge < -0.3 is 40.5 Å². The van der Waals surface area contributed by atoms with E-state index in [4.69, 9.17) is 4.74 Å². The summed E-state index contributed by atoms with van der Waals surface area (Å²) >= 11 is 0. The van der Waals surface area contributed by atoms with Crippen LogP contribution in [-0.2, 0) is 11.3 Å². The Hall–Kier alpha value is -4.61. The third kappa shape index (κ3) is 3.47. The molecule has 2 aliphatic rings. The molecule has 0 aromatic heterocycles. The molecule has 0 fully saturated rings. The summed E-state index contributed by atoms with van der Waals surface area (Å²) in [6.07, 6.45) is -2.15. The number of fused-ring (bicyclic) bond motifs is 3. The van der Waals surface area contributed by atoms with Gasteiger partial charge in [-0.2, -0.15) is 0 Å². The first-order valence-corrected chi connectivity index (χ1v) is 11.9. The Labute approximate surface area is 220 Å². The van der Waals surface area contributed by atoms with Gasteiger partial charge >= 0.3 is 5.97 Å². The maximum absolute atomic E-state index is 13.5. The molecule has 0 radical (unpaired) electrons. The van der Waals surface area contributed by atoms with Gasteiger partial charge in [-0.3, -0.25) is 9.59 Å². The van der Waals surface area contributed by atoms with E-state index in [-0.39, 0.29) is 27.8 Å². The van der Waals surface area contributed by atoms with Crippen molar-refractivity contribution in [3.05, 3.63) is 73.8 Å². The number of carbonyl (C=O) groups is 3. The van der Waals surface area contributed by atoms with Gasteiger partial charge in [0.15, 0.2) is 5.78 Å². The van der Waals surface area contributed by atoms with Gasteiger partial charge in [-0.15, -0.1) is 0 Å². The number of carbonyl (C=O) groups excluding carboxylic acids is 2. The third-order valence-corrected chi connectivity index (χ3v) is 7.65. The number of carboxylic acids is 1. The molecule has 1 heterocycles. The number of benzene rings is 3. The number of rotatable bonds is 3. The molecule has 3 atom stereocenters. The number of carboxylic acid groups (broad SMARTS) is 1. The van der Waals surface area contributed by atoms with E-state index in [1.54, 1.807) is 13.8 Å². The van der Waals surface area contributed by atoms with Gasteiger partial charge in [-0.1, -0.05) is 6.92 Å². The monoisotopic (exact) mass is 536 g/mol. The molecule has 3 aromatic rings. The number of aliphatic hydroxyl groups is 1. The summed E-state index contributed by atoms with van der Waals surface area (Å²) in [5.41, 5.74) is -2.23. The molecule has 0 spiro atoms. The molecule has 3 unspecified atom stereocenters. The predicted molar refractivity (Wildman–Crippen MR) is 133 cm³/mol. The van der Waals surface area contributed by atoms with E-state index in [2.05, 4.69) is 0 Å². The van der Waals surface area contributed by atoms with E-state index >= 15 is 0 Å². The molecule has 0 bridgehead atoms. The first kappa shape index (κ1) is 26.0. The van der Waals surface area contributed by atoms with Crippen LogP contribution in [0.5, 0.6) is 28.7 Å². The van der Waals surface area contributed by atoms with Crippen LogP contribution in [0.2, 0.25) is 0 Å². The standard InChI is InChI=1S/C28H24O11/c1-8-10(3)39-27(20-16(8)9(2)22(32)21(26(20)36)28(37)38)19-15(31)6-13-18(25(19)35)24(34)17-12(23(13)33)4-11(7-29)5-14(17)30/h4-6,8,10,27,29-32,35-36H,7H2,1-3H3,(H,37,38). The highest BCUT2D eigenvalue weighted by molar-refractivity contribution is 6.30. The molecule has 39 heavy (non-hydrogen) atoms. The topological polar surface area (TPSA) is 202 Å². The Balaban J connectivity index is 1.81. The van der Waals surface area contributed by atoms with Crippen LogP contribution in [0.4, 0.5) is 0 Å². The van der Waals surface area contributed by atoms with Crippen molar-refractivity contribution in [1.82, 2.24) is 0 Å². The second-order valence-corrected chi connectivity index (χ2v) is 9.77. The summed E-state index contributed by atoms with van der Waals surface area (Å²) in [7, 11) is 0. The summed E-state index contributed by atoms with van der Waals surface area (Å²) < 4.78 is 6.03. The zero-order valence-electron chi connectivity index (χ0n) is 20.9. The number of hydrogen-bond acceptors (Lipinski definition) is 10. The van der Waals surface area contributed by atoms with E-state index < -0.39 is 93.3 Å². The summed E-state index contributed by atoms with van der Waals surface area (Å²) in [5, 5.41) is 73.5. The van der Waals surface area contributed by atoms with Crippen LogP contribution in [-0.4, -0.2) is 59.4 Å². The van der Waals surface area contributed by atoms with Crippen LogP contribution < -0.4 is 0 Å². The predicted octanol–water partition coefficient (Wildman–Crippen LogP) is 3.10. The molecule has 1 aliphatic carbocycles. The van der Waals surface area contributed by atoms with E-state index in [1.165, 1.54) is 13.0 Å². The molecular formula is C28H24O11. The average molecular weight is 536 g/mol. The van der Waals surface area contributed by atoms with Crippen LogP contribution in [0.15, 0.2) is 18.2 Å². The van der Waals surface area contributed by atoms with Gasteiger partial charge in [0.25, 0.3) is 0 Å². The quantitative estimate of drug-likeness (QED) is 0.203. The summed E-state index contributed by atoms with van der Waals surface area (Å²) in [5.74, 6) is -7.46. The molecule has 5 rings (SSSR count). The van der Waals surface area contributed by atoms with Crippen LogP contribution in [0.1, 0.15) is 95.9 Å². The normalized spacial score (nSPS) is 19.8. The van der Waals surface area contributed by atoms with E-state index in [1.807, 2.05) is 0 Å². The van der Waals surface area contributed by atoms with Crippen LogP contribution in [0.25, 0.3) is 0 Å². The van der Waals surface area contributed by atoms with Crippen LogP contribution in [0.3, 0.4) is 0 Å². The van der Waals surface area contributed by atoms with Crippen molar-refractivity contribution in [2.45, 2.75) is 45.5 Å². The Morgan fingerprint density at radius 1 is 0.821 bits per heavy atom. The summed E-state index contributed by atoms with van der Waals surface area (Å²) in [6.45, 7) is 4.33. The van der Waals surface area contributed by atoms with Gasteiger partial charge in [0.05, 0.1) is 29.4 Å². The number of aliphatic hydroxyl groups excluding tert-OH is 1. The molecule has 3 aromatic carbocycles. The highest BCUT2D eigenvalue weighted by atomic mass is 16.5. The Morgan fingerprint density at radius 2 is 1.46 bits per heavy atom. The minimum atomic E-state index is -1.63. The number of ether oxygens (including phenoxy) is 1. The molecule has 0 amide bonds. The zero-order valence-corrected chi connectivity index (χ0v) is 20.9. The van der Waals surface area contributed by atoms with Crippen molar-refractivity contribution in [2.24, 2.45) is 0 Å². The van der Waals surface area contributed by atoms with Crippen molar-refractivity contribution in [1.29, 1.82) is 0 Å². The largest absolute Gasteiger partial charge is 0.507 e. The molecule has 11 heteroatoms. The van der Waals surface area contributed by atoms with Crippen LogP contribution >= 0.6 is 0 Å². The van der Waals surface area contributed by atoms with Gasteiger partial charge in [0, 0.05) is 22.6 Å². The molecular weight excluding hydrogens is 512 g/mol. The Morgan fingerprint density at radius 3 is 2.08 bits per heavy atom. The molecule has 7 N–H and O–H groups in total. The number of ketones is 2. The van der Waals surface area contributed by atoms with Crippen molar-refractivity contribution in [3.8, 4) is 28.7 Å². The SMILES string of the molecule is Cc1c(O)c(C(=O)O)c(O)c2c1C(C)C(C)OC2c1c(O)cc2c(c1O)C(=O)c1c(O)cc(CO)cc1C2=O. The fourth-order valence-electron chi connectivity index (χ4n) is 5.60. The lowest BCUT2D eigenvalue weighted by Gasteiger charge is -2.38. The lowest BCUT2D eigenvalue weighted by Crippen LogP contribution is -2.30. The van der Waals surface area contributed by atoms with Gasteiger partial charge in [0.1, 0.15) is 40.4 Å². The van der Waals surface area contributed by atoms with Gasteiger partial charge in [-0.05, 0) is 48.7 Å².